The Hall–Kier alpha value is -4.93. The van der Waals surface area contributed by atoms with Crippen LogP contribution in [0.15, 0.2) is 85.1 Å². The largest absolute Gasteiger partial charge is 0.493 e. The zero-order chi connectivity index (χ0) is 32.2. The molecule has 236 valence electrons. The molecule has 45 heavy (non-hydrogen) atoms. The number of carbonyl (C=O) groups is 2. The molecule has 0 spiro atoms. The van der Waals surface area contributed by atoms with Crippen LogP contribution in [0, 0.1) is 0 Å². The molecule has 0 bridgehead atoms. The molecular weight excluding hydrogens is 570 g/mol. The first-order chi connectivity index (χ1) is 21.7. The fourth-order valence-electron chi connectivity index (χ4n) is 4.83. The van der Waals surface area contributed by atoms with Crippen molar-refractivity contribution < 1.29 is 24.2 Å². The summed E-state index contributed by atoms with van der Waals surface area (Å²) >= 11 is 0. The molecule has 4 rings (SSSR count). The second kappa shape index (κ2) is 16.2. The minimum Gasteiger partial charge on any atom is -0.493 e. The predicted molar refractivity (Wildman–Crippen MR) is 174 cm³/mol. The van der Waals surface area contributed by atoms with Crippen molar-refractivity contribution in [3.05, 3.63) is 118 Å². The number of aliphatic hydroxyl groups is 1. The van der Waals surface area contributed by atoms with Crippen LogP contribution in [0.1, 0.15) is 51.2 Å². The molecule has 10 heteroatoms. The number of hydrogen-bond acceptors (Lipinski definition) is 8. The Morgan fingerprint density at radius 2 is 1.56 bits per heavy atom. The standard InChI is InChI=1S/C35H41N5O5/c1-23(37-22-30(41)29-12-14-33(36)38-21-29)15-25-5-4-6-26(16-25)18-34(42)39-19-24-7-10-28(11-8-24)35(43)40-20-27-9-13-31(44-2)32(17-27)45-3/h4-14,16-17,21,23,30,37,41H,15,18-20,22H2,1-3H3,(H2,36,38)(H,39,42)(H,40,43)/t23-,30+/m1/s1. The van der Waals surface area contributed by atoms with Gasteiger partial charge in [-0.05, 0) is 65.9 Å². The van der Waals surface area contributed by atoms with Crippen LogP contribution in [-0.4, -0.2) is 48.7 Å². The summed E-state index contributed by atoms with van der Waals surface area (Å²) in [6.07, 6.45) is 1.91. The number of nitrogen functional groups attached to an aromatic ring is 1. The number of aliphatic hydroxyl groups excluding tert-OH is 1. The molecule has 0 radical (unpaired) electrons. The van der Waals surface area contributed by atoms with Crippen LogP contribution >= 0.6 is 0 Å². The summed E-state index contributed by atoms with van der Waals surface area (Å²) in [5.41, 5.74) is 10.7. The lowest BCUT2D eigenvalue weighted by Gasteiger charge is -2.18. The first-order valence-corrected chi connectivity index (χ1v) is 14.8. The Morgan fingerprint density at radius 3 is 2.27 bits per heavy atom. The van der Waals surface area contributed by atoms with E-state index >= 15 is 0 Å². The summed E-state index contributed by atoms with van der Waals surface area (Å²) in [6.45, 7) is 3.15. The first kappa shape index (κ1) is 33.0. The maximum atomic E-state index is 12.7. The van der Waals surface area contributed by atoms with Crippen molar-refractivity contribution in [3.8, 4) is 11.5 Å². The monoisotopic (exact) mass is 611 g/mol. The number of carbonyl (C=O) groups excluding carboxylic acids is 2. The van der Waals surface area contributed by atoms with Crippen LogP contribution in [0.5, 0.6) is 11.5 Å². The summed E-state index contributed by atoms with van der Waals surface area (Å²) < 4.78 is 10.6. The van der Waals surface area contributed by atoms with Crippen molar-refractivity contribution in [1.29, 1.82) is 0 Å². The van der Waals surface area contributed by atoms with E-state index in [1.807, 2.05) is 48.5 Å². The van der Waals surface area contributed by atoms with Crippen LogP contribution in [0.2, 0.25) is 0 Å². The second-order valence-corrected chi connectivity index (χ2v) is 10.9. The van der Waals surface area contributed by atoms with E-state index in [-0.39, 0.29) is 24.3 Å². The lowest BCUT2D eigenvalue weighted by molar-refractivity contribution is -0.120. The van der Waals surface area contributed by atoms with Crippen molar-refractivity contribution in [2.45, 2.75) is 45.0 Å². The van der Waals surface area contributed by atoms with E-state index in [0.717, 1.165) is 28.7 Å². The number of rotatable bonds is 15. The fraction of sp³-hybridized carbons (Fsp3) is 0.286. The molecule has 10 nitrogen and oxygen atoms in total. The Kier molecular flexibility index (Phi) is 11.9. The van der Waals surface area contributed by atoms with Crippen molar-refractivity contribution in [2.24, 2.45) is 0 Å². The zero-order valence-electron chi connectivity index (χ0n) is 25.9. The number of hydrogen-bond donors (Lipinski definition) is 5. The molecule has 4 aromatic rings. The van der Waals surface area contributed by atoms with Crippen LogP contribution < -0.4 is 31.2 Å². The molecule has 2 atom stereocenters. The number of nitrogens with one attached hydrogen (secondary N) is 3. The van der Waals surface area contributed by atoms with Gasteiger partial charge < -0.3 is 36.3 Å². The molecule has 0 saturated heterocycles. The van der Waals surface area contributed by atoms with Crippen LogP contribution in [0.4, 0.5) is 5.82 Å². The van der Waals surface area contributed by atoms with Gasteiger partial charge in [0.15, 0.2) is 11.5 Å². The molecule has 0 aliphatic heterocycles. The Bertz CT molecular complexity index is 1560. The molecule has 1 heterocycles. The highest BCUT2D eigenvalue weighted by atomic mass is 16.5. The minimum atomic E-state index is -0.681. The van der Waals surface area contributed by atoms with Gasteiger partial charge in [0.1, 0.15) is 5.82 Å². The van der Waals surface area contributed by atoms with E-state index in [9.17, 15) is 14.7 Å². The van der Waals surface area contributed by atoms with E-state index in [1.165, 1.54) is 0 Å². The Labute approximate surface area is 264 Å². The van der Waals surface area contributed by atoms with Gasteiger partial charge in [-0.2, -0.15) is 0 Å². The summed E-state index contributed by atoms with van der Waals surface area (Å²) in [5, 5.41) is 19.6. The molecule has 1 aromatic heterocycles. The number of ether oxygens (including phenoxy) is 2. The van der Waals surface area contributed by atoms with Crippen molar-refractivity contribution in [1.82, 2.24) is 20.9 Å². The third kappa shape index (κ3) is 10.1. The normalized spacial score (nSPS) is 12.2. The van der Waals surface area contributed by atoms with E-state index in [0.29, 0.717) is 48.1 Å². The van der Waals surface area contributed by atoms with Gasteiger partial charge >= 0.3 is 0 Å². The maximum absolute atomic E-state index is 12.7. The van der Waals surface area contributed by atoms with E-state index in [4.69, 9.17) is 15.2 Å². The minimum absolute atomic E-state index is 0.0877. The molecule has 0 unspecified atom stereocenters. The quantitative estimate of drug-likeness (QED) is 0.137. The summed E-state index contributed by atoms with van der Waals surface area (Å²) in [5.74, 6) is 1.37. The van der Waals surface area contributed by atoms with Gasteiger partial charge in [0.2, 0.25) is 5.91 Å². The zero-order valence-corrected chi connectivity index (χ0v) is 25.9. The highest BCUT2D eigenvalue weighted by Crippen LogP contribution is 2.27. The van der Waals surface area contributed by atoms with E-state index in [1.54, 1.807) is 50.7 Å². The molecule has 6 N–H and O–H groups in total. The molecule has 0 fully saturated rings. The van der Waals surface area contributed by atoms with Gasteiger partial charge in [-0.3, -0.25) is 9.59 Å². The molecule has 3 aromatic carbocycles. The summed E-state index contributed by atoms with van der Waals surface area (Å²) in [7, 11) is 3.15. The van der Waals surface area contributed by atoms with E-state index < -0.39 is 6.10 Å². The Balaban J connectivity index is 1.20. The maximum Gasteiger partial charge on any atom is 0.251 e. The third-order valence-electron chi connectivity index (χ3n) is 7.36. The van der Waals surface area contributed by atoms with E-state index in [2.05, 4.69) is 27.9 Å². The second-order valence-electron chi connectivity index (χ2n) is 10.9. The highest BCUT2D eigenvalue weighted by Gasteiger charge is 2.12. The number of benzene rings is 3. The molecule has 0 saturated carbocycles. The number of nitrogens with zero attached hydrogens (tertiary/aromatic N) is 1. The number of methoxy groups -OCH3 is 2. The highest BCUT2D eigenvalue weighted by molar-refractivity contribution is 5.94. The van der Waals surface area contributed by atoms with Crippen molar-refractivity contribution >= 4 is 17.6 Å². The number of amides is 2. The lowest BCUT2D eigenvalue weighted by Crippen LogP contribution is -2.32. The van der Waals surface area contributed by atoms with Gasteiger partial charge in [-0.1, -0.05) is 48.5 Å². The topological polar surface area (TPSA) is 148 Å². The summed E-state index contributed by atoms with van der Waals surface area (Å²) in [6, 6.07) is 24.2. The van der Waals surface area contributed by atoms with Gasteiger partial charge in [0.25, 0.3) is 5.91 Å². The van der Waals surface area contributed by atoms with Crippen LogP contribution in [0.25, 0.3) is 0 Å². The van der Waals surface area contributed by atoms with Gasteiger partial charge in [0.05, 0.1) is 26.7 Å². The first-order valence-electron chi connectivity index (χ1n) is 14.8. The van der Waals surface area contributed by atoms with Crippen molar-refractivity contribution in [2.75, 3.05) is 26.5 Å². The molecule has 0 aliphatic carbocycles. The lowest BCUT2D eigenvalue weighted by atomic mass is 10.0. The predicted octanol–water partition coefficient (Wildman–Crippen LogP) is 3.72. The molecule has 2 amide bonds. The SMILES string of the molecule is COc1ccc(CNC(=O)c2ccc(CNC(=O)Cc3cccc(C[C@@H](C)NC[C@H](O)c4ccc(N)nc4)c3)cc2)cc1OC. The third-order valence-corrected chi connectivity index (χ3v) is 7.36. The molecule has 0 aliphatic rings. The average molecular weight is 612 g/mol. The number of aromatic nitrogens is 1. The number of nitrogens with two attached hydrogens (primary N) is 1. The van der Waals surface area contributed by atoms with Gasteiger partial charge in [-0.25, -0.2) is 4.98 Å². The van der Waals surface area contributed by atoms with Crippen molar-refractivity contribution in [3.63, 3.8) is 0 Å². The fourth-order valence-corrected chi connectivity index (χ4v) is 4.83. The number of pyridine rings is 1. The Morgan fingerprint density at radius 1 is 0.844 bits per heavy atom. The molecular formula is C35H41N5O5. The average Bonchev–Trinajstić information content (AvgIpc) is 3.05. The van der Waals surface area contributed by atoms with Gasteiger partial charge in [-0.15, -0.1) is 0 Å². The van der Waals surface area contributed by atoms with Crippen LogP contribution in [-0.2, 0) is 30.7 Å². The summed E-state index contributed by atoms with van der Waals surface area (Å²) in [4.78, 5) is 29.4. The smallest absolute Gasteiger partial charge is 0.251 e. The number of anilines is 1. The van der Waals surface area contributed by atoms with Gasteiger partial charge in [0, 0.05) is 43.0 Å². The van der Waals surface area contributed by atoms with Crippen LogP contribution in [0.3, 0.4) is 0 Å².